The van der Waals surface area contributed by atoms with Gasteiger partial charge in [0, 0.05) is 28.7 Å². The van der Waals surface area contributed by atoms with Gasteiger partial charge >= 0.3 is 5.97 Å². The average Bonchev–Trinajstić information content (AvgIpc) is 2.60. The highest BCUT2D eigenvalue weighted by Gasteiger charge is 2.19. The zero-order valence-corrected chi connectivity index (χ0v) is 15.2. The summed E-state index contributed by atoms with van der Waals surface area (Å²) < 4.78 is 5.04. The number of esters is 1. The Hall–Kier alpha value is -2.14. The van der Waals surface area contributed by atoms with Crippen LogP contribution in [0.15, 0.2) is 23.0 Å². The molecule has 1 aromatic carbocycles. The van der Waals surface area contributed by atoms with Gasteiger partial charge in [0.05, 0.1) is 12.2 Å². The predicted octanol–water partition coefficient (Wildman–Crippen LogP) is 3.25. The zero-order chi connectivity index (χ0) is 18.0. The molecule has 1 aliphatic rings. The second-order valence-corrected chi connectivity index (χ2v) is 7.00. The third kappa shape index (κ3) is 3.76. The number of aryl methyl sites for hydroxylation is 1. The van der Waals surface area contributed by atoms with E-state index in [1.807, 2.05) is 6.92 Å². The number of pyridine rings is 1. The molecule has 0 aliphatic carbocycles. The van der Waals surface area contributed by atoms with Gasteiger partial charge in [0.15, 0.2) is 5.43 Å². The van der Waals surface area contributed by atoms with Crippen LogP contribution in [0, 0.1) is 12.8 Å². The van der Waals surface area contributed by atoms with Crippen LogP contribution in [0.3, 0.4) is 0 Å². The van der Waals surface area contributed by atoms with Gasteiger partial charge in [-0.3, -0.25) is 9.69 Å². The van der Waals surface area contributed by atoms with Gasteiger partial charge in [-0.05, 0) is 63.9 Å². The number of ether oxygens (including phenoxy) is 1. The molecule has 0 radical (unpaired) electrons. The molecule has 1 saturated heterocycles. The Bertz CT molecular complexity index is 833. The van der Waals surface area contributed by atoms with E-state index in [4.69, 9.17) is 4.74 Å². The van der Waals surface area contributed by atoms with Crippen molar-refractivity contribution in [2.24, 2.45) is 5.92 Å². The fourth-order valence-electron chi connectivity index (χ4n) is 3.43. The normalized spacial score (nSPS) is 16.3. The second-order valence-electron chi connectivity index (χ2n) is 7.00. The average molecular weight is 342 g/mol. The van der Waals surface area contributed by atoms with E-state index in [2.05, 4.69) is 16.8 Å². The highest BCUT2D eigenvalue weighted by Crippen LogP contribution is 2.20. The monoisotopic (exact) mass is 342 g/mol. The summed E-state index contributed by atoms with van der Waals surface area (Å²) in [6.07, 6.45) is 2.36. The lowest BCUT2D eigenvalue weighted by molar-refractivity contribution is 0.0526. The Labute approximate surface area is 148 Å². The molecule has 1 aromatic heterocycles. The number of aromatic amines is 1. The molecule has 134 valence electrons. The molecule has 0 atom stereocenters. The SMILES string of the molecule is CCOC(=O)c1ccc2[nH]c(C)c(CN3CCC(C)CC3)c(=O)c2c1. The van der Waals surface area contributed by atoms with Gasteiger partial charge < -0.3 is 9.72 Å². The number of carbonyl (C=O) groups is 1. The third-order valence-corrected chi connectivity index (χ3v) is 5.08. The molecule has 1 fully saturated rings. The topological polar surface area (TPSA) is 62.4 Å². The van der Waals surface area contributed by atoms with E-state index < -0.39 is 5.97 Å². The van der Waals surface area contributed by atoms with Gasteiger partial charge in [0.1, 0.15) is 0 Å². The van der Waals surface area contributed by atoms with Crippen LogP contribution in [0.25, 0.3) is 10.9 Å². The first-order chi connectivity index (χ1) is 12.0. The molecular formula is C20H26N2O3. The van der Waals surface area contributed by atoms with Crippen LogP contribution in [-0.4, -0.2) is 35.5 Å². The smallest absolute Gasteiger partial charge is 0.338 e. The fraction of sp³-hybridized carbons (Fsp3) is 0.500. The number of hydrogen-bond acceptors (Lipinski definition) is 4. The van der Waals surface area contributed by atoms with Crippen LogP contribution in [0.4, 0.5) is 0 Å². The van der Waals surface area contributed by atoms with Crippen LogP contribution in [-0.2, 0) is 11.3 Å². The van der Waals surface area contributed by atoms with E-state index in [-0.39, 0.29) is 5.43 Å². The molecule has 0 spiro atoms. The Morgan fingerprint density at radius 3 is 2.72 bits per heavy atom. The van der Waals surface area contributed by atoms with Crippen molar-refractivity contribution >= 4 is 16.9 Å². The third-order valence-electron chi connectivity index (χ3n) is 5.08. The van der Waals surface area contributed by atoms with Crippen molar-refractivity contribution in [2.75, 3.05) is 19.7 Å². The van der Waals surface area contributed by atoms with Gasteiger partial charge in [-0.15, -0.1) is 0 Å². The Kier molecular flexibility index (Phi) is 5.23. The van der Waals surface area contributed by atoms with Crippen molar-refractivity contribution in [1.82, 2.24) is 9.88 Å². The van der Waals surface area contributed by atoms with Crippen molar-refractivity contribution in [2.45, 2.75) is 40.2 Å². The number of nitrogens with one attached hydrogen (secondary N) is 1. The summed E-state index contributed by atoms with van der Waals surface area (Å²) in [5.41, 5.74) is 2.88. The van der Waals surface area contributed by atoms with Gasteiger partial charge in [0.2, 0.25) is 0 Å². The fourth-order valence-corrected chi connectivity index (χ4v) is 3.43. The molecule has 2 aromatic rings. The Balaban J connectivity index is 1.95. The van der Waals surface area contributed by atoms with Gasteiger partial charge in [-0.1, -0.05) is 6.92 Å². The van der Waals surface area contributed by atoms with E-state index in [1.54, 1.807) is 25.1 Å². The molecule has 5 nitrogen and oxygen atoms in total. The van der Waals surface area contributed by atoms with Crippen LogP contribution >= 0.6 is 0 Å². The number of rotatable bonds is 4. The first-order valence-electron chi connectivity index (χ1n) is 9.04. The summed E-state index contributed by atoms with van der Waals surface area (Å²) in [5, 5.41) is 0.552. The maximum absolute atomic E-state index is 13.0. The summed E-state index contributed by atoms with van der Waals surface area (Å²) in [5.74, 6) is 0.371. The number of piperidine rings is 1. The van der Waals surface area contributed by atoms with Crippen molar-refractivity contribution in [1.29, 1.82) is 0 Å². The summed E-state index contributed by atoms with van der Waals surface area (Å²) in [6, 6.07) is 5.12. The van der Waals surface area contributed by atoms with Crippen LogP contribution < -0.4 is 5.43 Å². The highest BCUT2D eigenvalue weighted by atomic mass is 16.5. The number of nitrogens with zero attached hydrogens (tertiary/aromatic N) is 1. The van der Waals surface area contributed by atoms with Crippen molar-refractivity contribution in [3.05, 3.63) is 45.2 Å². The Morgan fingerprint density at radius 2 is 2.04 bits per heavy atom. The van der Waals surface area contributed by atoms with E-state index in [9.17, 15) is 9.59 Å². The minimum atomic E-state index is -0.393. The number of likely N-dealkylation sites (tertiary alicyclic amines) is 1. The van der Waals surface area contributed by atoms with Gasteiger partial charge in [-0.25, -0.2) is 4.79 Å². The molecule has 5 heteroatoms. The number of aromatic nitrogens is 1. The van der Waals surface area contributed by atoms with Crippen molar-refractivity contribution in [3.8, 4) is 0 Å². The van der Waals surface area contributed by atoms with Crippen molar-refractivity contribution < 1.29 is 9.53 Å². The number of hydrogen-bond donors (Lipinski definition) is 1. The number of fused-ring (bicyclic) bond motifs is 1. The molecule has 0 unspecified atom stereocenters. The molecular weight excluding hydrogens is 316 g/mol. The predicted molar refractivity (Wildman–Crippen MR) is 98.9 cm³/mol. The quantitative estimate of drug-likeness (QED) is 0.867. The molecule has 0 saturated carbocycles. The molecule has 0 bridgehead atoms. The van der Waals surface area contributed by atoms with Crippen LogP contribution in [0.2, 0.25) is 0 Å². The summed E-state index contributed by atoms with van der Waals surface area (Å²) in [6.45, 7) is 9.03. The number of benzene rings is 1. The van der Waals surface area contributed by atoms with Crippen molar-refractivity contribution in [3.63, 3.8) is 0 Å². The molecule has 25 heavy (non-hydrogen) atoms. The number of H-pyrrole nitrogens is 1. The first kappa shape index (κ1) is 17.7. The number of carbonyl (C=O) groups excluding carboxylic acids is 1. The first-order valence-corrected chi connectivity index (χ1v) is 9.04. The van der Waals surface area contributed by atoms with E-state index in [0.29, 0.717) is 24.1 Å². The second kappa shape index (κ2) is 7.40. The summed E-state index contributed by atoms with van der Waals surface area (Å²) in [4.78, 5) is 30.6. The maximum atomic E-state index is 13.0. The Morgan fingerprint density at radius 1 is 1.32 bits per heavy atom. The maximum Gasteiger partial charge on any atom is 0.338 e. The lowest BCUT2D eigenvalue weighted by Gasteiger charge is -2.30. The summed E-state index contributed by atoms with van der Waals surface area (Å²) >= 11 is 0. The molecule has 3 rings (SSSR count). The standard InChI is InChI=1S/C20H26N2O3/c1-4-25-20(24)15-5-6-18-16(11-15)19(23)17(14(3)21-18)12-22-9-7-13(2)8-10-22/h5-6,11,13H,4,7-10,12H2,1-3H3,(H,21,23). The summed E-state index contributed by atoms with van der Waals surface area (Å²) in [7, 11) is 0. The van der Waals surface area contributed by atoms with Gasteiger partial charge in [0.25, 0.3) is 0 Å². The molecule has 0 amide bonds. The van der Waals surface area contributed by atoms with Crippen LogP contribution in [0.5, 0.6) is 0 Å². The van der Waals surface area contributed by atoms with E-state index in [1.165, 1.54) is 12.8 Å². The molecule has 1 N–H and O–H groups in total. The molecule has 2 heterocycles. The zero-order valence-electron chi connectivity index (χ0n) is 15.2. The van der Waals surface area contributed by atoms with E-state index in [0.717, 1.165) is 35.8 Å². The lowest BCUT2D eigenvalue weighted by atomic mass is 9.98. The minimum absolute atomic E-state index is 0.0102. The molecule has 1 aliphatic heterocycles. The van der Waals surface area contributed by atoms with Crippen LogP contribution in [0.1, 0.15) is 48.3 Å². The highest BCUT2D eigenvalue weighted by molar-refractivity contribution is 5.94. The lowest BCUT2D eigenvalue weighted by Crippen LogP contribution is -2.34. The minimum Gasteiger partial charge on any atom is -0.462 e. The van der Waals surface area contributed by atoms with Gasteiger partial charge in [-0.2, -0.15) is 0 Å². The largest absolute Gasteiger partial charge is 0.462 e. The van der Waals surface area contributed by atoms with E-state index >= 15 is 0 Å².